The molecule has 3 rings (SSSR count). The quantitative estimate of drug-likeness (QED) is 0.498. The molecule has 2 aromatic carbocycles. The first-order valence-electron chi connectivity index (χ1n) is 10.7. The molecule has 1 heterocycles. The van der Waals surface area contributed by atoms with Crippen molar-refractivity contribution in [2.75, 3.05) is 13.1 Å². The van der Waals surface area contributed by atoms with Crippen molar-refractivity contribution in [2.45, 2.75) is 47.8 Å². The van der Waals surface area contributed by atoms with Crippen LogP contribution in [0.4, 0.5) is 0 Å². The van der Waals surface area contributed by atoms with Crippen LogP contribution >= 0.6 is 0 Å². The third kappa shape index (κ3) is 5.62. The number of nitrogens with zero attached hydrogens (tertiary/aromatic N) is 3. The number of aryl methyl sites for hydroxylation is 1. The normalized spacial score (nSPS) is 11.4. The van der Waals surface area contributed by atoms with Gasteiger partial charge in [0.15, 0.2) is 0 Å². The number of imidazole rings is 1. The van der Waals surface area contributed by atoms with Gasteiger partial charge in [0.1, 0.15) is 24.7 Å². The molecule has 0 radical (unpaired) electrons. The van der Waals surface area contributed by atoms with Crippen LogP contribution in [0.1, 0.15) is 39.1 Å². The van der Waals surface area contributed by atoms with Crippen LogP contribution in [0.25, 0.3) is 11.0 Å². The van der Waals surface area contributed by atoms with E-state index in [2.05, 4.69) is 34.6 Å². The topological polar surface area (TPSA) is 47.4 Å². The molecule has 0 N–H and O–H groups in total. The van der Waals surface area contributed by atoms with Crippen LogP contribution in [0.15, 0.2) is 48.5 Å². The minimum absolute atomic E-state index is 0.122. The van der Waals surface area contributed by atoms with Crippen molar-refractivity contribution < 1.29 is 9.53 Å². The van der Waals surface area contributed by atoms with E-state index in [4.69, 9.17) is 9.72 Å². The number of ether oxygens (including phenoxy) is 1. The van der Waals surface area contributed by atoms with Crippen molar-refractivity contribution in [1.29, 1.82) is 0 Å². The van der Waals surface area contributed by atoms with E-state index in [1.807, 2.05) is 58.0 Å². The summed E-state index contributed by atoms with van der Waals surface area (Å²) in [4.78, 5) is 20.0. The van der Waals surface area contributed by atoms with Crippen LogP contribution in [0, 0.1) is 18.8 Å². The smallest absolute Gasteiger partial charge is 0.242 e. The van der Waals surface area contributed by atoms with Gasteiger partial charge in [-0.15, -0.1) is 0 Å². The summed E-state index contributed by atoms with van der Waals surface area (Å²) in [7, 11) is 0. The molecule has 160 valence electrons. The molecular formula is C25H33N3O2. The maximum absolute atomic E-state index is 13.2. The second kappa shape index (κ2) is 9.79. The first-order valence-corrected chi connectivity index (χ1v) is 10.7. The van der Waals surface area contributed by atoms with E-state index in [1.165, 1.54) is 5.56 Å². The number of hydrogen-bond donors (Lipinski definition) is 0. The van der Waals surface area contributed by atoms with E-state index in [0.717, 1.165) is 35.7 Å². The van der Waals surface area contributed by atoms with Crippen LogP contribution in [-0.4, -0.2) is 33.4 Å². The number of hydrogen-bond acceptors (Lipinski definition) is 3. The number of rotatable bonds is 9. The molecular weight excluding hydrogens is 374 g/mol. The second-order valence-electron chi connectivity index (χ2n) is 8.79. The largest absolute Gasteiger partial charge is 0.486 e. The van der Waals surface area contributed by atoms with Gasteiger partial charge in [-0.25, -0.2) is 4.98 Å². The van der Waals surface area contributed by atoms with E-state index in [1.54, 1.807) is 0 Å². The van der Waals surface area contributed by atoms with Crippen LogP contribution in [0.3, 0.4) is 0 Å². The average Bonchev–Trinajstić information content (AvgIpc) is 3.04. The van der Waals surface area contributed by atoms with E-state index in [0.29, 0.717) is 18.4 Å². The van der Waals surface area contributed by atoms with Gasteiger partial charge in [-0.2, -0.15) is 0 Å². The molecule has 0 aliphatic carbocycles. The highest BCUT2D eigenvalue weighted by Gasteiger charge is 2.20. The van der Waals surface area contributed by atoms with Gasteiger partial charge in [0.25, 0.3) is 0 Å². The van der Waals surface area contributed by atoms with Crippen molar-refractivity contribution in [1.82, 2.24) is 14.5 Å². The zero-order valence-electron chi connectivity index (χ0n) is 18.8. The molecule has 0 atom stereocenters. The van der Waals surface area contributed by atoms with Crippen LogP contribution in [0.2, 0.25) is 0 Å². The number of carbonyl (C=O) groups excluding carboxylic acids is 1. The molecule has 0 saturated heterocycles. The molecule has 1 amide bonds. The third-order valence-electron chi connectivity index (χ3n) is 4.94. The van der Waals surface area contributed by atoms with E-state index in [9.17, 15) is 4.79 Å². The van der Waals surface area contributed by atoms with Crippen molar-refractivity contribution in [3.63, 3.8) is 0 Å². The minimum atomic E-state index is 0.122. The van der Waals surface area contributed by atoms with Gasteiger partial charge in [0, 0.05) is 13.1 Å². The Kier molecular flexibility index (Phi) is 7.14. The summed E-state index contributed by atoms with van der Waals surface area (Å²) in [5, 5.41) is 0. The Morgan fingerprint density at radius 3 is 2.27 bits per heavy atom. The van der Waals surface area contributed by atoms with Crippen molar-refractivity contribution >= 4 is 16.9 Å². The van der Waals surface area contributed by atoms with Crippen LogP contribution in [0.5, 0.6) is 5.75 Å². The first-order chi connectivity index (χ1) is 14.3. The monoisotopic (exact) mass is 407 g/mol. The van der Waals surface area contributed by atoms with Gasteiger partial charge in [-0.05, 0) is 43.0 Å². The number of para-hydroxylation sites is 2. The number of amides is 1. The van der Waals surface area contributed by atoms with Crippen LogP contribution < -0.4 is 4.74 Å². The van der Waals surface area contributed by atoms with Gasteiger partial charge in [-0.3, -0.25) is 4.79 Å². The van der Waals surface area contributed by atoms with Crippen LogP contribution in [-0.2, 0) is 17.9 Å². The Morgan fingerprint density at radius 1 is 1.00 bits per heavy atom. The van der Waals surface area contributed by atoms with Gasteiger partial charge < -0.3 is 14.2 Å². The maximum atomic E-state index is 13.2. The lowest BCUT2D eigenvalue weighted by Crippen LogP contribution is -2.39. The van der Waals surface area contributed by atoms with Crippen molar-refractivity contribution in [2.24, 2.45) is 11.8 Å². The standard InChI is InChI=1S/C25H33N3O2/c1-18(2)14-27(15-19(3)4)25(29)16-28-23-9-7-6-8-22(23)26-24(28)17-30-21-12-10-20(5)11-13-21/h6-13,18-19H,14-17H2,1-5H3. The zero-order chi connectivity index (χ0) is 21.7. The molecule has 0 bridgehead atoms. The molecule has 0 aliphatic heterocycles. The Morgan fingerprint density at radius 2 is 1.63 bits per heavy atom. The lowest BCUT2D eigenvalue weighted by Gasteiger charge is -2.27. The molecule has 0 saturated carbocycles. The van der Waals surface area contributed by atoms with Crippen molar-refractivity contribution in [3.8, 4) is 5.75 Å². The molecule has 5 nitrogen and oxygen atoms in total. The fourth-order valence-electron chi connectivity index (χ4n) is 3.59. The predicted octanol–water partition coefficient (Wildman–Crippen LogP) is 5.06. The van der Waals surface area contributed by atoms with E-state index in [-0.39, 0.29) is 12.5 Å². The molecule has 5 heteroatoms. The molecule has 0 spiro atoms. The average molecular weight is 408 g/mol. The maximum Gasteiger partial charge on any atom is 0.242 e. The summed E-state index contributed by atoms with van der Waals surface area (Å²) < 4.78 is 7.98. The Bertz CT molecular complexity index is 964. The molecule has 0 aliphatic rings. The van der Waals surface area contributed by atoms with Gasteiger partial charge in [0.2, 0.25) is 5.91 Å². The SMILES string of the molecule is Cc1ccc(OCc2nc3ccccc3n2CC(=O)N(CC(C)C)CC(C)C)cc1. The molecule has 1 aromatic heterocycles. The lowest BCUT2D eigenvalue weighted by molar-refractivity contribution is -0.132. The second-order valence-corrected chi connectivity index (χ2v) is 8.79. The molecule has 0 fully saturated rings. The summed E-state index contributed by atoms with van der Waals surface area (Å²) in [6.45, 7) is 12.8. The van der Waals surface area contributed by atoms with Crippen molar-refractivity contribution in [3.05, 3.63) is 59.9 Å². The fraction of sp³-hybridized carbons (Fsp3) is 0.440. The minimum Gasteiger partial charge on any atom is -0.486 e. The fourth-order valence-corrected chi connectivity index (χ4v) is 3.59. The number of aromatic nitrogens is 2. The number of fused-ring (bicyclic) bond motifs is 1. The molecule has 30 heavy (non-hydrogen) atoms. The number of benzene rings is 2. The Labute approximate surface area is 179 Å². The number of carbonyl (C=O) groups is 1. The zero-order valence-corrected chi connectivity index (χ0v) is 18.8. The highest BCUT2D eigenvalue weighted by atomic mass is 16.5. The van der Waals surface area contributed by atoms with Gasteiger partial charge in [-0.1, -0.05) is 57.5 Å². The summed E-state index contributed by atoms with van der Waals surface area (Å²) in [6.07, 6.45) is 0. The summed E-state index contributed by atoms with van der Waals surface area (Å²) in [5.74, 6) is 2.54. The highest BCUT2D eigenvalue weighted by molar-refractivity contribution is 5.81. The van der Waals surface area contributed by atoms with E-state index >= 15 is 0 Å². The summed E-state index contributed by atoms with van der Waals surface area (Å²) >= 11 is 0. The first kappa shape index (κ1) is 21.9. The molecule has 0 unspecified atom stereocenters. The predicted molar refractivity (Wildman–Crippen MR) is 122 cm³/mol. The summed E-state index contributed by atoms with van der Waals surface area (Å²) in [5.41, 5.74) is 3.03. The third-order valence-corrected chi connectivity index (χ3v) is 4.94. The lowest BCUT2D eigenvalue weighted by atomic mass is 10.1. The highest BCUT2D eigenvalue weighted by Crippen LogP contribution is 2.19. The van der Waals surface area contributed by atoms with Gasteiger partial charge >= 0.3 is 0 Å². The van der Waals surface area contributed by atoms with E-state index < -0.39 is 0 Å². The molecule has 3 aromatic rings. The Balaban J connectivity index is 1.84. The summed E-state index contributed by atoms with van der Waals surface area (Å²) in [6, 6.07) is 15.9. The van der Waals surface area contributed by atoms with Gasteiger partial charge in [0.05, 0.1) is 11.0 Å². The Hall–Kier alpha value is -2.82.